The van der Waals surface area contributed by atoms with Crippen LogP contribution in [0, 0.1) is 6.92 Å². The Hall–Kier alpha value is -3.37. The Morgan fingerprint density at radius 2 is 1.59 bits per heavy atom. The molecule has 0 spiro atoms. The molecule has 0 bridgehead atoms. The van der Waals surface area contributed by atoms with Crippen molar-refractivity contribution >= 4 is 33.0 Å². The quantitative estimate of drug-likeness (QED) is 0.462. The van der Waals surface area contributed by atoms with E-state index in [1.54, 1.807) is 47.4 Å². The smallest absolute Gasteiger partial charge is 0.410 e. The van der Waals surface area contributed by atoms with Gasteiger partial charge in [-0.25, -0.2) is 22.0 Å². The molecule has 0 N–H and O–H groups in total. The number of rotatable bonds is 5. The molecule has 198 valence electrons. The molecule has 2 aromatic carbocycles. The summed E-state index contributed by atoms with van der Waals surface area (Å²) in [7, 11) is -2.67. The molecule has 0 radical (unpaired) electrons. The molecule has 1 aliphatic heterocycles. The highest BCUT2D eigenvalue weighted by Gasteiger charge is 2.29. The summed E-state index contributed by atoms with van der Waals surface area (Å²) in [6.45, 7) is 9.85. The van der Waals surface area contributed by atoms with Gasteiger partial charge in [0.2, 0.25) is 0 Å². The topological polar surface area (TPSA) is 98.1 Å². The predicted molar refractivity (Wildman–Crippen MR) is 140 cm³/mol. The number of hydrogen-bond acceptors (Lipinski definition) is 7. The van der Waals surface area contributed by atoms with E-state index in [-0.39, 0.29) is 16.6 Å². The number of aryl methyl sites for hydroxylation is 1. The Bertz CT molecular complexity index is 1410. The zero-order valence-corrected chi connectivity index (χ0v) is 22.7. The molecule has 1 amide bonds. The zero-order chi connectivity index (χ0) is 27.0. The first kappa shape index (κ1) is 26.7. The molecule has 2 heterocycles. The zero-order valence-electron chi connectivity index (χ0n) is 21.9. The first-order chi connectivity index (χ1) is 17.4. The van der Waals surface area contributed by atoms with E-state index in [0.29, 0.717) is 49.3 Å². The lowest BCUT2D eigenvalue weighted by Crippen LogP contribution is -2.49. The SMILES string of the molecule is COC(=O)c1ccc2cc(CN3CCN(C(=O)OC(C)(C)C)CC3)n(S(=O)(=O)c3ccc(C)cc3)c2c1. The molecule has 10 heteroatoms. The van der Waals surface area contributed by atoms with Crippen LogP contribution in [0.3, 0.4) is 0 Å². The van der Waals surface area contributed by atoms with Crippen LogP contribution in [0.5, 0.6) is 0 Å². The molecular weight excluding hydrogens is 494 g/mol. The predicted octanol–water partition coefficient (Wildman–Crippen LogP) is 4.03. The van der Waals surface area contributed by atoms with E-state index in [2.05, 4.69) is 4.90 Å². The second-order valence-electron chi connectivity index (χ2n) is 10.2. The number of piperazine rings is 1. The molecule has 3 aromatic rings. The number of carbonyl (C=O) groups excluding carboxylic acids is 2. The van der Waals surface area contributed by atoms with E-state index in [1.807, 2.05) is 33.8 Å². The van der Waals surface area contributed by atoms with Crippen molar-refractivity contribution in [1.29, 1.82) is 0 Å². The number of carbonyl (C=O) groups is 2. The Kier molecular flexibility index (Phi) is 7.34. The Morgan fingerprint density at radius 3 is 2.19 bits per heavy atom. The van der Waals surface area contributed by atoms with Crippen molar-refractivity contribution < 1.29 is 27.5 Å². The third-order valence-corrected chi connectivity index (χ3v) is 8.00. The van der Waals surface area contributed by atoms with Crippen LogP contribution in [0.1, 0.15) is 42.4 Å². The van der Waals surface area contributed by atoms with E-state index in [0.717, 1.165) is 5.56 Å². The molecular formula is C27H33N3O6S. The summed E-state index contributed by atoms with van der Waals surface area (Å²) >= 11 is 0. The monoisotopic (exact) mass is 527 g/mol. The molecule has 0 aliphatic carbocycles. The summed E-state index contributed by atoms with van der Waals surface area (Å²) in [5.41, 5.74) is 1.63. The van der Waals surface area contributed by atoms with Crippen molar-refractivity contribution in [3.8, 4) is 0 Å². The van der Waals surface area contributed by atoms with Gasteiger partial charge in [-0.15, -0.1) is 0 Å². The van der Waals surface area contributed by atoms with Gasteiger partial charge >= 0.3 is 12.1 Å². The van der Waals surface area contributed by atoms with Crippen LogP contribution >= 0.6 is 0 Å². The normalized spacial score (nSPS) is 15.1. The Balaban J connectivity index is 1.67. The highest BCUT2D eigenvalue weighted by atomic mass is 32.2. The molecule has 9 nitrogen and oxygen atoms in total. The number of hydrogen-bond donors (Lipinski definition) is 0. The molecule has 0 saturated carbocycles. The van der Waals surface area contributed by atoms with Gasteiger partial charge in [0.1, 0.15) is 5.60 Å². The fourth-order valence-corrected chi connectivity index (χ4v) is 5.86. The number of methoxy groups -OCH3 is 1. The van der Waals surface area contributed by atoms with Gasteiger partial charge in [0.25, 0.3) is 10.0 Å². The number of nitrogens with zero attached hydrogens (tertiary/aromatic N) is 3. The molecule has 1 aromatic heterocycles. The highest BCUT2D eigenvalue weighted by Crippen LogP contribution is 2.28. The third-order valence-electron chi connectivity index (χ3n) is 6.22. The van der Waals surface area contributed by atoms with Crippen molar-refractivity contribution in [1.82, 2.24) is 13.8 Å². The number of amides is 1. The standard InChI is InChI=1S/C27H33N3O6S/c1-19-6-10-23(11-7-19)37(33,34)30-22(16-20-8-9-21(17-24(20)30)25(31)35-5)18-28-12-14-29(15-13-28)26(32)36-27(2,3)4/h6-11,16-17H,12-15,18H2,1-5H3. The van der Waals surface area contributed by atoms with Gasteiger partial charge in [0.15, 0.2) is 0 Å². The van der Waals surface area contributed by atoms with Crippen LogP contribution in [0.4, 0.5) is 4.79 Å². The minimum atomic E-state index is -3.96. The van der Waals surface area contributed by atoms with E-state index in [4.69, 9.17) is 9.47 Å². The average Bonchev–Trinajstić information content (AvgIpc) is 3.21. The minimum absolute atomic E-state index is 0.162. The maximum atomic E-state index is 13.9. The van der Waals surface area contributed by atoms with Crippen LogP contribution in [-0.2, 0) is 26.0 Å². The second kappa shape index (κ2) is 10.2. The summed E-state index contributed by atoms with van der Waals surface area (Å²) < 4.78 is 39.4. The summed E-state index contributed by atoms with van der Waals surface area (Å²) in [6.07, 6.45) is -0.349. The van der Waals surface area contributed by atoms with Crippen LogP contribution in [0.2, 0.25) is 0 Å². The van der Waals surface area contributed by atoms with Crippen molar-refractivity contribution in [2.75, 3.05) is 33.3 Å². The fourth-order valence-electron chi connectivity index (χ4n) is 4.33. The molecule has 1 saturated heterocycles. The minimum Gasteiger partial charge on any atom is -0.465 e. The molecule has 1 fully saturated rings. The second-order valence-corrected chi connectivity index (χ2v) is 12.0. The van der Waals surface area contributed by atoms with Crippen molar-refractivity contribution in [2.45, 2.75) is 44.7 Å². The van der Waals surface area contributed by atoms with Crippen molar-refractivity contribution in [3.63, 3.8) is 0 Å². The van der Waals surface area contributed by atoms with Crippen LogP contribution in [-0.4, -0.2) is 73.1 Å². The third kappa shape index (κ3) is 5.80. The number of ether oxygens (including phenoxy) is 2. The molecule has 4 rings (SSSR count). The van der Waals surface area contributed by atoms with Gasteiger partial charge in [0.05, 0.1) is 23.1 Å². The lowest BCUT2D eigenvalue weighted by molar-refractivity contribution is 0.0138. The van der Waals surface area contributed by atoms with Crippen LogP contribution in [0.25, 0.3) is 10.9 Å². The summed E-state index contributed by atoms with van der Waals surface area (Å²) in [6, 6.07) is 13.4. The van der Waals surface area contributed by atoms with Gasteiger partial charge < -0.3 is 14.4 Å². The van der Waals surface area contributed by atoms with E-state index in [9.17, 15) is 18.0 Å². The van der Waals surface area contributed by atoms with E-state index in [1.165, 1.54) is 11.1 Å². The largest absolute Gasteiger partial charge is 0.465 e. The van der Waals surface area contributed by atoms with Gasteiger partial charge in [-0.3, -0.25) is 4.90 Å². The van der Waals surface area contributed by atoms with Gasteiger partial charge in [0, 0.05) is 43.8 Å². The Labute approximate surface area is 217 Å². The molecule has 1 aliphatic rings. The van der Waals surface area contributed by atoms with Crippen molar-refractivity contribution in [2.24, 2.45) is 0 Å². The molecule has 0 atom stereocenters. The number of fused-ring (bicyclic) bond motifs is 1. The maximum Gasteiger partial charge on any atom is 0.410 e. The Morgan fingerprint density at radius 1 is 0.946 bits per heavy atom. The van der Waals surface area contributed by atoms with Crippen molar-refractivity contribution in [3.05, 3.63) is 65.4 Å². The van der Waals surface area contributed by atoms with E-state index < -0.39 is 21.6 Å². The first-order valence-corrected chi connectivity index (χ1v) is 13.6. The summed E-state index contributed by atoms with van der Waals surface area (Å²) in [5, 5.41) is 0.700. The van der Waals surface area contributed by atoms with Gasteiger partial charge in [-0.1, -0.05) is 23.8 Å². The average molecular weight is 528 g/mol. The summed E-state index contributed by atoms with van der Waals surface area (Å²) in [4.78, 5) is 28.6. The summed E-state index contributed by atoms with van der Waals surface area (Å²) in [5.74, 6) is -0.540. The fraction of sp³-hybridized carbons (Fsp3) is 0.407. The maximum absolute atomic E-state index is 13.9. The van der Waals surface area contributed by atoms with Crippen LogP contribution in [0.15, 0.2) is 53.4 Å². The number of benzene rings is 2. The number of aromatic nitrogens is 1. The van der Waals surface area contributed by atoms with Gasteiger partial charge in [-0.05, 0) is 58.0 Å². The lowest BCUT2D eigenvalue weighted by atomic mass is 10.1. The lowest BCUT2D eigenvalue weighted by Gasteiger charge is -2.35. The molecule has 37 heavy (non-hydrogen) atoms. The number of esters is 1. The van der Waals surface area contributed by atoms with Crippen LogP contribution < -0.4 is 0 Å². The van der Waals surface area contributed by atoms with E-state index >= 15 is 0 Å². The first-order valence-electron chi connectivity index (χ1n) is 12.1. The molecule has 0 unspecified atom stereocenters. The van der Waals surface area contributed by atoms with Gasteiger partial charge in [-0.2, -0.15) is 0 Å². The highest BCUT2D eigenvalue weighted by molar-refractivity contribution is 7.90.